The van der Waals surface area contributed by atoms with Crippen molar-refractivity contribution in [3.63, 3.8) is 0 Å². The molecular weight excluding hydrogens is 845 g/mol. The molecule has 44 heavy (non-hydrogen) atoms. The number of aliphatic carboxylic acids is 6. The number of carbonyl (C=O) groups is 8. The first-order valence-corrected chi connectivity index (χ1v) is 14.5. The Hall–Kier alpha value is -0.218. The summed E-state index contributed by atoms with van der Waals surface area (Å²) in [6.45, 7) is -4.10. The van der Waals surface area contributed by atoms with E-state index in [9.17, 15) is 58.8 Å². The molecule has 0 aliphatic carbocycles. The third-order valence-corrected chi connectivity index (χ3v) is 7.03. The van der Waals surface area contributed by atoms with Gasteiger partial charge in [-0.25, -0.2) is 0 Å². The Kier molecular flexibility index (Phi) is 33.3. The molecule has 1 rings (SSSR count). The van der Waals surface area contributed by atoms with Crippen molar-refractivity contribution in [3.8, 4) is 0 Å². The molecule has 2 N–H and O–H groups in total. The zero-order chi connectivity index (χ0) is 31.5. The van der Waals surface area contributed by atoms with Gasteiger partial charge in [0.2, 0.25) is 0 Å². The molecule has 0 aromatic carbocycles. The van der Waals surface area contributed by atoms with Crippen molar-refractivity contribution in [2.45, 2.75) is 0 Å². The summed E-state index contributed by atoms with van der Waals surface area (Å²) >= 11 is -2.11. The van der Waals surface area contributed by atoms with Crippen LogP contribution in [0.15, 0.2) is 0 Å². The summed E-state index contributed by atoms with van der Waals surface area (Å²) in [4.78, 5) is 90.1. The van der Waals surface area contributed by atoms with Gasteiger partial charge in [0.25, 0.3) is 0 Å². The Labute approximate surface area is 338 Å². The van der Waals surface area contributed by atoms with Gasteiger partial charge in [0.1, 0.15) is 0 Å². The second kappa shape index (κ2) is 29.0. The Morgan fingerprint density at radius 3 is 1.20 bits per heavy atom. The van der Waals surface area contributed by atoms with Crippen LogP contribution in [0.3, 0.4) is 0 Å². The second-order valence-corrected chi connectivity index (χ2v) is 10.4. The number of hydrogen-bond donors (Lipinski definition) is 2. The summed E-state index contributed by atoms with van der Waals surface area (Å²) in [5.41, 5.74) is 0. The molecule has 0 aromatic rings. The van der Waals surface area contributed by atoms with E-state index in [-0.39, 0.29) is 136 Å². The van der Waals surface area contributed by atoms with E-state index in [4.69, 9.17) is 15.6 Å². The Morgan fingerprint density at radius 2 is 0.932 bits per heavy atom. The fourth-order valence-corrected chi connectivity index (χ4v) is 4.46. The molecule has 1 fully saturated rings. The van der Waals surface area contributed by atoms with E-state index in [1.807, 2.05) is 0 Å². The van der Waals surface area contributed by atoms with Crippen LogP contribution < -0.4 is 79.5 Å². The Bertz CT molecular complexity index is 880. The summed E-state index contributed by atoms with van der Waals surface area (Å²) in [5.74, 6) is -9.42. The topological polar surface area (TPSA) is 301 Å². The molecule has 0 amide bonds. The molecule has 0 saturated carbocycles. The van der Waals surface area contributed by atoms with Crippen molar-refractivity contribution in [2.24, 2.45) is 0 Å². The van der Waals surface area contributed by atoms with Gasteiger partial charge in [-0.15, -0.1) is 0 Å². The number of carbonyl (C=O) groups excluding carboxylic acids is 6. The summed E-state index contributed by atoms with van der Waals surface area (Å²) in [5, 5.41) is 59.1. The number of carboxylic acid groups (broad SMARTS) is 6. The zero-order valence-electron chi connectivity index (χ0n) is 24.1. The molecule has 24 heteroatoms. The maximum absolute atomic E-state index is 11.3. The van der Waals surface area contributed by atoms with E-state index < -0.39 is 112 Å². The Balaban J connectivity index is -0.000000341. The first-order valence-electron chi connectivity index (χ1n) is 11.3. The number of hydrogen-bond acceptors (Lipinski definition) is 18. The average Bonchev–Trinajstić information content (AvgIpc) is 2.77. The van der Waals surface area contributed by atoms with Gasteiger partial charge >= 0.3 is 242 Å². The average molecular weight is 872 g/mol. The standard InChI is InChI=1S/2C10H16N2O8.Ca.2Na.Pb/c2*13-7(14)3-11(4-8(15)16)1-2-12(5-9(17)18)6-10(19)20;;;;/h2*1-6H2,(H,13,14)(H,15,16)(H,17,18)(H,19,20);;;;/q;;+2;2*+1;+2/p-6. The van der Waals surface area contributed by atoms with Crippen LogP contribution in [0.25, 0.3) is 0 Å². The minimum Gasteiger partial charge on any atom is 1.00 e. The molecule has 230 valence electrons. The van der Waals surface area contributed by atoms with Crippen LogP contribution >= 0.6 is 0 Å². The number of rotatable bonds is 18. The number of nitrogens with zero attached hydrogens (tertiary/aromatic N) is 4. The van der Waals surface area contributed by atoms with E-state index in [0.717, 1.165) is 14.7 Å². The van der Waals surface area contributed by atoms with Crippen LogP contribution in [0, 0.1) is 0 Å². The third kappa shape index (κ3) is 30.4. The first-order chi connectivity index (χ1) is 19.1. The van der Waals surface area contributed by atoms with E-state index in [1.165, 1.54) is 4.90 Å². The quantitative estimate of drug-likeness (QED) is 0.121. The molecule has 0 aromatic heterocycles. The minimum absolute atomic E-state index is 0. The summed E-state index contributed by atoms with van der Waals surface area (Å²) in [7, 11) is 0. The molecule has 0 unspecified atom stereocenters. The largest absolute Gasteiger partial charge is 2.00 e. The van der Waals surface area contributed by atoms with Gasteiger partial charge in [0.15, 0.2) is 0 Å². The Morgan fingerprint density at radius 1 is 0.636 bits per heavy atom. The minimum atomic E-state index is -2.11. The van der Waals surface area contributed by atoms with Gasteiger partial charge in [0.05, 0.1) is 25.0 Å². The molecule has 1 heterocycles. The molecule has 0 spiro atoms. The van der Waals surface area contributed by atoms with Crippen LogP contribution in [0.4, 0.5) is 0 Å². The van der Waals surface area contributed by atoms with Crippen molar-refractivity contribution >= 4 is 111 Å². The summed E-state index contributed by atoms with van der Waals surface area (Å²) < 4.78 is 9.54. The van der Waals surface area contributed by atoms with E-state index in [1.54, 1.807) is 0 Å². The van der Waals surface area contributed by atoms with Gasteiger partial charge in [-0.05, 0) is 0 Å². The van der Waals surface area contributed by atoms with Crippen molar-refractivity contribution in [3.05, 3.63) is 0 Å². The van der Waals surface area contributed by atoms with Crippen LogP contribution in [-0.4, -0.2) is 219 Å². The fraction of sp³-hybridized carbons (Fsp3) is 0.600. The van der Waals surface area contributed by atoms with Crippen LogP contribution in [0.1, 0.15) is 0 Å². The van der Waals surface area contributed by atoms with Gasteiger partial charge < -0.3 is 30.0 Å². The van der Waals surface area contributed by atoms with Crippen molar-refractivity contribution in [1.29, 1.82) is 0 Å². The van der Waals surface area contributed by atoms with E-state index in [0.29, 0.717) is 0 Å². The predicted molar refractivity (Wildman–Crippen MR) is 125 cm³/mol. The van der Waals surface area contributed by atoms with Gasteiger partial charge in [0, 0.05) is 26.2 Å². The first kappa shape index (κ1) is 50.6. The smallest absolute Gasteiger partial charge is 1.00 e. The molecule has 20 nitrogen and oxygen atoms in total. The molecule has 1 aliphatic heterocycles. The zero-order valence-corrected chi connectivity index (χ0v) is 34.2. The molecule has 1 saturated heterocycles. The SMILES string of the molecule is O=C([O-])CN(CCN(CC(=O)[O-])CC(=O)O)CC(=O)O.O=C([O-])CN(CCN1CC(=O)[O][Pb][O]C(=O)C1)CC(=O)[O-].[Ca+2].[Na+].[Na+]. The molecule has 0 atom stereocenters. The van der Waals surface area contributed by atoms with E-state index >= 15 is 0 Å². The monoisotopic (exact) mass is 872 g/mol. The fourth-order valence-electron chi connectivity index (χ4n) is 3.08. The molecule has 0 bridgehead atoms. The summed E-state index contributed by atoms with van der Waals surface area (Å²) in [6, 6.07) is 0. The van der Waals surface area contributed by atoms with Crippen LogP contribution in [-0.2, 0) is 43.7 Å². The van der Waals surface area contributed by atoms with Gasteiger partial charge in [-0.2, -0.15) is 0 Å². The summed E-state index contributed by atoms with van der Waals surface area (Å²) in [6.07, 6.45) is 0. The van der Waals surface area contributed by atoms with Crippen molar-refractivity contribution in [2.75, 3.05) is 78.5 Å². The van der Waals surface area contributed by atoms with Crippen molar-refractivity contribution in [1.82, 2.24) is 19.6 Å². The molecular formula is C20H26CaN4Na2O16Pb. The van der Waals surface area contributed by atoms with Crippen molar-refractivity contribution < 1.29 is 133 Å². The van der Waals surface area contributed by atoms with E-state index in [2.05, 4.69) is 0 Å². The molecule has 2 radical (unpaired) electrons. The maximum atomic E-state index is 11.3. The third-order valence-electron chi connectivity index (χ3n) is 4.61. The normalized spacial score (nSPS) is 12.9. The molecule has 1 aliphatic rings. The van der Waals surface area contributed by atoms with Crippen LogP contribution in [0.5, 0.6) is 0 Å². The second-order valence-electron chi connectivity index (χ2n) is 8.15. The van der Waals surface area contributed by atoms with Gasteiger partial charge in [-0.1, -0.05) is 0 Å². The number of carboxylic acids is 6. The maximum Gasteiger partial charge on any atom is 2.00 e. The predicted octanol–water partition coefficient (Wildman–Crippen LogP) is -16.4. The van der Waals surface area contributed by atoms with Crippen LogP contribution in [0.2, 0.25) is 0 Å². The van der Waals surface area contributed by atoms with Gasteiger partial charge in [-0.3, -0.25) is 19.4 Å².